The van der Waals surface area contributed by atoms with E-state index in [0.29, 0.717) is 6.42 Å². The van der Waals surface area contributed by atoms with Gasteiger partial charge in [0.2, 0.25) is 6.79 Å². The van der Waals surface area contributed by atoms with Crippen molar-refractivity contribution in [3.8, 4) is 11.5 Å². The number of fused-ring (bicyclic) bond motifs is 2. The second-order valence-electron chi connectivity index (χ2n) is 6.93. The van der Waals surface area contributed by atoms with Crippen molar-refractivity contribution < 1.29 is 14.3 Å². The minimum absolute atomic E-state index is 0.0471. The molecule has 126 valence electrons. The van der Waals surface area contributed by atoms with E-state index in [9.17, 15) is 4.79 Å². The Hall–Kier alpha value is -2.75. The highest BCUT2D eigenvalue weighted by Gasteiger charge is 2.36. The molecule has 2 aliphatic heterocycles. The van der Waals surface area contributed by atoms with Gasteiger partial charge in [0.1, 0.15) is 0 Å². The zero-order chi connectivity index (χ0) is 17.0. The normalized spacial score (nSPS) is 20.8. The second-order valence-corrected chi connectivity index (χ2v) is 6.93. The molecule has 4 nitrogen and oxygen atoms in total. The van der Waals surface area contributed by atoms with Crippen LogP contribution in [0.4, 0.5) is 5.69 Å². The maximum absolute atomic E-state index is 12.8. The molecule has 5 rings (SSSR count). The highest BCUT2D eigenvalue weighted by molar-refractivity contribution is 6.01. The molecular weight excluding hydrogens is 314 g/mol. The lowest BCUT2D eigenvalue weighted by Gasteiger charge is -2.34. The largest absolute Gasteiger partial charge is 0.454 e. The molecule has 0 amide bonds. The molecule has 0 saturated carbocycles. The van der Waals surface area contributed by atoms with Crippen LogP contribution in [-0.4, -0.2) is 12.6 Å². The summed E-state index contributed by atoms with van der Waals surface area (Å²) in [7, 11) is 0. The van der Waals surface area contributed by atoms with E-state index in [1.165, 1.54) is 5.56 Å². The Bertz CT molecular complexity index is 911. The Kier molecular flexibility index (Phi) is 3.14. The smallest absolute Gasteiger partial charge is 0.231 e. The first-order chi connectivity index (χ1) is 12.2. The number of hydrogen-bond donors (Lipinski definition) is 1. The minimum Gasteiger partial charge on any atom is -0.454 e. The quantitative estimate of drug-likeness (QED) is 0.846. The van der Waals surface area contributed by atoms with Crippen LogP contribution in [0.5, 0.6) is 11.5 Å². The molecule has 1 aliphatic carbocycles. The Morgan fingerprint density at radius 2 is 1.80 bits per heavy atom. The third kappa shape index (κ3) is 2.24. The molecule has 1 N–H and O–H groups in total. The van der Waals surface area contributed by atoms with Crippen molar-refractivity contribution in [3.63, 3.8) is 0 Å². The highest BCUT2D eigenvalue weighted by Crippen LogP contribution is 2.49. The van der Waals surface area contributed by atoms with Crippen LogP contribution in [0.15, 0.2) is 47.7 Å². The molecule has 0 spiro atoms. The van der Waals surface area contributed by atoms with Crippen LogP contribution in [-0.2, 0) is 4.79 Å². The van der Waals surface area contributed by atoms with E-state index in [-0.39, 0.29) is 18.5 Å². The topological polar surface area (TPSA) is 47.6 Å². The van der Waals surface area contributed by atoms with E-state index < -0.39 is 0 Å². The van der Waals surface area contributed by atoms with Crippen LogP contribution in [0, 0.1) is 6.92 Å². The highest BCUT2D eigenvalue weighted by atomic mass is 16.7. The zero-order valence-electron chi connectivity index (χ0n) is 14.1. The molecular formula is C21H19NO3. The van der Waals surface area contributed by atoms with Crippen molar-refractivity contribution in [1.82, 2.24) is 0 Å². The molecule has 3 aliphatic rings. The van der Waals surface area contributed by atoms with Crippen LogP contribution < -0.4 is 14.8 Å². The SMILES string of the molecule is Cc1ccc([C@@H]2C3=C(CCCC3=O)Nc3cc4c(cc32)OCO4)cc1. The van der Waals surface area contributed by atoms with Gasteiger partial charge in [-0.15, -0.1) is 0 Å². The van der Waals surface area contributed by atoms with Gasteiger partial charge in [-0.05, 0) is 37.0 Å². The minimum atomic E-state index is -0.0471. The van der Waals surface area contributed by atoms with E-state index in [2.05, 4.69) is 36.5 Å². The maximum atomic E-state index is 12.8. The number of nitrogens with one attached hydrogen (secondary N) is 1. The lowest BCUT2D eigenvalue weighted by Crippen LogP contribution is -2.26. The van der Waals surface area contributed by atoms with Crippen LogP contribution in [0.2, 0.25) is 0 Å². The average Bonchev–Trinajstić information content (AvgIpc) is 3.06. The van der Waals surface area contributed by atoms with E-state index >= 15 is 0 Å². The molecule has 0 aromatic heterocycles. The Labute approximate surface area is 146 Å². The number of allylic oxidation sites excluding steroid dienone is 2. The lowest BCUT2D eigenvalue weighted by atomic mass is 9.75. The summed E-state index contributed by atoms with van der Waals surface area (Å²) in [4.78, 5) is 12.8. The van der Waals surface area contributed by atoms with Crippen molar-refractivity contribution >= 4 is 11.5 Å². The van der Waals surface area contributed by atoms with Gasteiger partial charge < -0.3 is 14.8 Å². The molecule has 2 aromatic carbocycles. The second kappa shape index (κ2) is 5.38. The number of ether oxygens (including phenoxy) is 2. The number of ketones is 1. The number of hydrogen-bond acceptors (Lipinski definition) is 4. The fourth-order valence-corrected chi connectivity index (χ4v) is 4.06. The number of anilines is 1. The summed E-state index contributed by atoms with van der Waals surface area (Å²) in [6, 6.07) is 12.5. The summed E-state index contributed by atoms with van der Waals surface area (Å²) >= 11 is 0. The fourth-order valence-electron chi connectivity index (χ4n) is 4.06. The van der Waals surface area contributed by atoms with Crippen LogP contribution in [0.25, 0.3) is 0 Å². The van der Waals surface area contributed by atoms with Gasteiger partial charge in [0, 0.05) is 35.4 Å². The predicted molar refractivity (Wildman–Crippen MR) is 95.1 cm³/mol. The van der Waals surface area contributed by atoms with Gasteiger partial charge in [-0.1, -0.05) is 29.8 Å². The summed E-state index contributed by atoms with van der Waals surface area (Å²) < 4.78 is 11.1. The number of aryl methyl sites for hydroxylation is 1. The summed E-state index contributed by atoms with van der Waals surface area (Å²) in [5, 5.41) is 3.49. The Morgan fingerprint density at radius 1 is 1.04 bits per heavy atom. The van der Waals surface area contributed by atoms with Crippen molar-refractivity contribution in [1.29, 1.82) is 0 Å². The molecule has 2 heterocycles. The van der Waals surface area contributed by atoms with Crippen LogP contribution >= 0.6 is 0 Å². The van der Waals surface area contributed by atoms with Gasteiger partial charge in [0.05, 0.1) is 0 Å². The average molecular weight is 333 g/mol. The Balaban J connectivity index is 1.73. The molecule has 0 bridgehead atoms. The molecule has 2 aromatic rings. The summed E-state index contributed by atoms with van der Waals surface area (Å²) in [5.74, 6) is 1.72. The number of benzene rings is 2. The van der Waals surface area contributed by atoms with Crippen LogP contribution in [0.3, 0.4) is 0 Å². The first-order valence-electron chi connectivity index (χ1n) is 8.74. The summed E-state index contributed by atoms with van der Waals surface area (Å²) in [5.41, 5.74) is 6.45. The van der Waals surface area contributed by atoms with Gasteiger partial charge in [0.15, 0.2) is 17.3 Å². The van der Waals surface area contributed by atoms with Gasteiger partial charge in [-0.25, -0.2) is 0 Å². The predicted octanol–water partition coefficient (Wildman–Crippen LogP) is 4.29. The number of rotatable bonds is 1. The fraction of sp³-hybridized carbons (Fsp3) is 0.286. The Morgan fingerprint density at radius 3 is 2.60 bits per heavy atom. The van der Waals surface area contributed by atoms with Gasteiger partial charge in [-0.2, -0.15) is 0 Å². The molecule has 1 atom stereocenters. The lowest BCUT2D eigenvalue weighted by molar-refractivity contribution is -0.116. The third-order valence-electron chi connectivity index (χ3n) is 5.30. The van der Waals surface area contributed by atoms with E-state index in [1.54, 1.807) is 0 Å². The number of carbonyl (C=O) groups excluding carboxylic acids is 1. The third-order valence-corrected chi connectivity index (χ3v) is 5.30. The molecule has 0 radical (unpaired) electrons. The molecule has 25 heavy (non-hydrogen) atoms. The zero-order valence-corrected chi connectivity index (χ0v) is 14.1. The van der Waals surface area contributed by atoms with E-state index in [4.69, 9.17) is 9.47 Å². The van der Waals surface area contributed by atoms with Gasteiger partial charge >= 0.3 is 0 Å². The van der Waals surface area contributed by atoms with Crippen molar-refractivity contribution in [2.24, 2.45) is 0 Å². The molecule has 4 heteroatoms. The molecule has 0 fully saturated rings. The first kappa shape index (κ1) is 14.6. The van der Waals surface area contributed by atoms with Crippen LogP contribution in [0.1, 0.15) is 41.9 Å². The summed E-state index contributed by atoms with van der Waals surface area (Å²) in [6.07, 6.45) is 2.45. The first-order valence-corrected chi connectivity index (χ1v) is 8.74. The standard InChI is InChI=1S/C21H19NO3/c1-12-5-7-13(8-6-12)20-14-9-18-19(25-11-24-18)10-16(14)22-15-3-2-4-17(23)21(15)20/h5-10,20,22H,2-4,11H2,1H3/t20-/m0/s1. The van der Waals surface area contributed by atoms with Gasteiger partial charge in [0.25, 0.3) is 0 Å². The summed E-state index contributed by atoms with van der Waals surface area (Å²) in [6.45, 7) is 2.33. The van der Waals surface area contributed by atoms with Crippen molar-refractivity contribution in [2.45, 2.75) is 32.1 Å². The van der Waals surface area contributed by atoms with Gasteiger partial charge in [-0.3, -0.25) is 4.79 Å². The van der Waals surface area contributed by atoms with E-state index in [0.717, 1.165) is 52.4 Å². The maximum Gasteiger partial charge on any atom is 0.231 e. The van der Waals surface area contributed by atoms with Crippen molar-refractivity contribution in [3.05, 3.63) is 64.4 Å². The van der Waals surface area contributed by atoms with Crippen molar-refractivity contribution in [2.75, 3.05) is 12.1 Å². The number of carbonyl (C=O) groups is 1. The monoisotopic (exact) mass is 333 g/mol. The molecule has 0 unspecified atom stereocenters. The molecule has 0 saturated heterocycles. The van der Waals surface area contributed by atoms with E-state index in [1.807, 2.05) is 12.1 Å². The number of Topliss-reactive ketones (excluding diaryl/α,β-unsaturated/α-hetero) is 1.